The molecular weight excluding hydrogens is 298 g/mol. The van der Waals surface area contributed by atoms with Crippen molar-refractivity contribution in [3.05, 3.63) is 23.8 Å². The standard InChI is InChI=1S/C16H23N3O4/c1-4-23-14-7-12(5-6-13(14)20)10-18-19-16(22)8-15(21)17-9-11(2)3/h5-7,10-11,20H,4,8-9H2,1-3H3,(H,17,21)(H,19,22)/b18-10+. The van der Waals surface area contributed by atoms with E-state index in [1.807, 2.05) is 20.8 Å². The average Bonchev–Trinajstić information content (AvgIpc) is 2.48. The number of aromatic hydroxyl groups is 1. The lowest BCUT2D eigenvalue weighted by Crippen LogP contribution is -2.32. The first-order valence-corrected chi connectivity index (χ1v) is 7.46. The van der Waals surface area contributed by atoms with Gasteiger partial charge in [0.2, 0.25) is 11.8 Å². The van der Waals surface area contributed by atoms with Gasteiger partial charge in [0.1, 0.15) is 6.42 Å². The molecule has 3 N–H and O–H groups in total. The van der Waals surface area contributed by atoms with Crippen LogP contribution in [0.5, 0.6) is 11.5 Å². The van der Waals surface area contributed by atoms with Gasteiger partial charge in [-0.15, -0.1) is 0 Å². The highest BCUT2D eigenvalue weighted by Crippen LogP contribution is 2.26. The van der Waals surface area contributed by atoms with Crippen LogP contribution in [0.25, 0.3) is 0 Å². The van der Waals surface area contributed by atoms with Crippen LogP contribution in [0, 0.1) is 5.92 Å². The Labute approximate surface area is 135 Å². The fourth-order valence-corrected chi connectivity index (χ4v) is 1.63. The number of benzene rings is 1. The Morgan fingerprint density at radius 2 is 2.09 bits per heavy atom. The van der Waals surface area contributed by atoms with Gasteiger partial charge in [-0.3, -0.25) is 9.59 Å². The van der Waals surface area contributed by atoms with E-state index >= 15 is 0 Å². The Kier molecular flexibility index (Phi) is 7.59. The number of nitrogens with one attached hydrogen (secondary N) is 2. The Balaban J connectivity index is 2.47. The summed E-state index contributed by atoms with van der Waals surface area (Å²) in [6.07, 6.45) is 1.13. The molecule has 0 radical (unpaired) electrons. The van der Waals surface area contributed by atoms with E-state index < -0.39 is 5.91 Å². The summed E-state index contributed by atoms with van der Waals surface area (Å²) in [6, 6.07) is 4.71. The first-order chi connectivity index (χ1) is 10.9. The highest BCUT2D eigenvalue weighted by molar-refractivity contribution is 5.97. The quantitative estimate of drug-likeness (QED) is 0.383. The number of phenols is 1. The first-order valence-electron chi connectivity index (χ1n) is 7.46. The van der Waals surface area contributed by atoms with Gasteiger partial charge in [0, 0.05) is 6.54 Å². The van der Waals surface area contributed by atoms with E-state index in [4.69, 9.17) is 4.74 Å². The van der Waals surface area contributed by atoms with Gasteiger partial charge in [0.05, 0.1) is 12.8 Å². The van der Waals surface area contributed by atoms with Crippen LogP contribution in [0.4, 0.5) is 0 Å². The number of nitrogens with zero attached hydrogens (tertiary/aromatic N) is 1. The number of phenolic OH excluding ortho intramolecular Hbond substituents is 1. The lowest BCUT2D eigenvalue weighted by atomic mass is 10.2. The summed E-state index contributed by atoms with van der Waals surface area (Å²) >= 11 is 0. The lowest BCUT2D eigenvalue weighted by Gasteiger charge is -2.07. The maximum absolute atomic E-state index is 11.6. The van der Waals surface area contributed by atoms with Crippen LogP contribution < -0.4 is 15.5 Å². The maximum atomic E-state index is 11.6. The van der Waals surface area contributed by atoms with E-state index in [-0.39, 0.29) is 18.1 Å². The zero-order valence-corrected chi connectivity index (χ0v) is 13.6. The van der Waals surface area contributed by atoms with Crippen LogP contribution in [0.1, 0.15) is 32.8 Å². The minimum absolute atomic E-state index is 0.0369. The van der Waals surface area contributed by atoms with Crippen molar-refractivity contribution in [1.29, 1.82) is 0 Å². The molecule has 0 unspecified atom stereocenters. The number of carbonyl (C=O) groups excluding carboxylic acids is 2. The molecule has 7 heteroatoms. The molecule has 1 aromatic carbocycles. The summed E-state index contributed by atoms with van der Waals surface area (Å²) in [7, 11) is 0. The molecule has 0 bridgehead atoms. The van der Waals surface area contributed by atoms with Crippen LogP contribution >= 0.6 is 0 Å². The number of rotatable bonds is 8. The molecule has 0 aliphatic heterocycles. The zero-order valence-electron chi connectivity index (χ0n) is 13.6. The van der Waals surface area contributed by atoms with Crippen LogP contribution in [0.2, 0.25) is 0 Å². The maximum Gasteiger partial charge on any atom is 0.249 e. The molecule has 2 amide bonds. The summed E-state index contributed by atoms with van der Waals surface area (Å²) in [5.74, 6) is -0.124. The molecule has 0 saturated heterocycles. The van der Waals surface area contributed by atoms with E-state index in [9.17, 15) is 14.7 Å². The second-order valence-electron chi connectivity index (χ2n) is 5.33. The van der Waals surface area contributed by atoms with E-state index in [0.29, 0.717) is 30.4 Å². The fourth-order valence-electron chi connectivity index (χ4n) is 1.63. The van der Waals surface area contributed by atoms with Crippen molar-refractivity contribution in [2.24, 2.45) is 11.0 Å². The largest absolute Gasteiger partial charge is 0.504 e. The molecular formula is C16H23N3O4. The topological polar surface area (TPSA) is 100 Å². The van der Waals surface area contributed by atoms with Gasteiger partial charge in [-0.2, -0.15) is 5.10 Å². The predicted octanol–water partition coefficient (Wildman–Crippen LogP) is 1.40. The van der Waals surface area contributed by atoms with E-state index in [1.165, 1.54) is 12.3 Å². The third-order valence-corrected chi connectivity index (χ3v) is 2.72. The summed E-state index contributed by atoms with van der Waals surface area (Å²) in [5.41, 5.74) is 2.93. The number of ether oxygens (including phenoxy) is 1. The average molecular weight is 321 g/mol. The van der Waals surface area contributed by atoms with E-state index in [0.717, 1.165) is 0 Å². The molecule has 126 valence electrons. The molecule has 23 heavy (non-hydrogen) atoms. The third-order valence-electron chi connectivity index (χ3n) is 2.72. The molecule has 1 aromatic rings. The monoisotopic (exact) mass is 321 g/mol. The van der Waals surface area contributed by atoms with E-state index in [2.05, 4.69) is 15.8 Å². The minimum Gasteiger partial charge on any atom is -0.504 e. The van der Waals surface area contributed by atoms with Gasteiger partial charge >= 0.3 is 0 Å². The molecule has 0 aliphatic carbocycles. The summed E-state index contributed by atoms with van der Waals surface area (Å²) in [5, 5.41) is 16.0. The Morgan fingerprint density at radius 3 is 2.74 bits per heavy atom. The van der Waals surface area contributed by atoms with Crippen LogP contribution in [0.3, 0.4) is 0 Å². The molecule has 0 aliphatic rings. The van der Waals surface area contributed by atoms with Gasteiger partial charge in [-0.1, -0.05) is 13.8 Å². The Morgan fingerprint density at radius 1 is 1.35 bits per heavy atom. The summed E-state index contributed by atoms with van der Waals surface area (Å²) in [6.45, 7) is 6.71. The highest BCUT2D eigenvalue weighted by atomic mass is 16.5. The van der Waals surface area contributed by atoms with Crippen molar-refractivity contribution in [3.8, 4) is 11.5 Å². The zero-order chi connectivity index (χ0) is 17.2. The smallest absolute Gasteiger partial charge is 0.249 e. The van der Waals surface area contributed by atoms with Gasteiger partial charge in [0.15, 0.2) is 11.5 Å². The van der Waals surface area contributed by atoms with Crippen molar-refractivity contribution in [3.63, 3.8) is 0 Å². The van der Waals surface area contributed by atoms with Crippen LogP contribution in [-0.4, -0.2) is 36.3 Å². The number of amides is 2. The molecule has 0 saturated carbocycles. The van der Waals surface area contributed by atoms with Gasteiger partial charge in [-0.25, -0.2) is 5.43 Å². The van der Waals surface area contributed by atoms with E-state index in [1.54, 1.807) is 12.1 Å². The third kappa shape index (κ3) is 7.30. The van der Waals surface area contributed by atoms with Crippen molar-refractivity contribution >= 4 is 18.0 Å². The molecule has 0 aromatic heterocycles. The molecule has 0 heterocycles. The van der Waals surface area contributed by atoms with Crippen LogP contribution in [0.15, 0.2) is 23.3 Å². The van der Waals surface area contributed by atoms with Crippen LogP contribution in [-0.2, 0) is 9.59 Å². The molecule has 7 nitrogen and oxygen atoms in total. The second kappa shape index (κ2) is 9.45. The molecule has 0 fully saturated rings. The molecule has 0 atom stereocenters. The van der Waals surface area contributed by atoms with Crippen molar-refractivity contribution < 1.29 is 19.4 Å². The summed E-state index contributed by atoms with van der Waals surface area (Å²) in [4.78, 5) is 23.0. The van der Waals surface area contributed by atoms with Crippen molar-refractivity contribution in [1.82, 2.24) is 10.7 Å². The lowest BCUT2D eigenvalue weighted by molar-refractivity contribution is -0.129. The number of hydrogen-bond acceptors (Lipinski definition) is 5. The molecule has 0 spiro atoms. The van der Waals surface area contributed by atoms with Crippen molar-refractivity contribution in [2.45, 2.75) is 27.2 Å². The minimum atomic E-state index is -0.494. The Bertz CT molecular complexity index is 570. The molecule has 1 rings (SSSR count). The number of hydrogen-bond donors (Lipinski definition) is 3. The number of carbonyl (C=O) groups is 2. The Hall–Kier alpha value is -2.57. The predicted molar refractivity (Wildman–Crippen MR) is 87.5 cm³/mol. The second-order valence-corrected chi connectivity index (χ2v) is 5.33. The summed E-state index contributed by atoms with van der Waals surface area (Å²) < 4.78 is 5.25. The SMILES string of the molecule is CCOc1cc(/C=N/NC(=O)CC(=O)NCC(C)C)ccc1O. The normalized spacial score (nSPS) is 10.8. The number of hydrazone groups is 1. The van der Waals surface area contributed by atoms with Gasteiger partial charge in [-0.05, 0) is 36.6 Å². The fraction of sp³-hybridized carbons (Fsp3) is 0.438. The van der Waals surface area contributed by atoms with Gasteiger partial charge < -0.3 is 15.2 Å². The highest BCUT2D eigenvalue weighted by Gasteiger charge is 2.08. The first kappa shape index (κ1) is 18.5. The van der Waals surface area contributed by atoms with Gasteiger partial charge in [0.25, 0.3) is 0 Å². The van der Waals surface area contributed by atoms with Crippen molar-refractivity contribution in [2.75, 3.05) is 13.2 Å².